The van der Waals surface area contributed by atoms with Gasteiger partial charge in [0.1, 0.15) is 12.3 Å². The molecule has 0 saturated heterocycles. The summed E-state index contributed by atoms with van der Waals surface area (Å²) in [5, 5.41) is 3.33. The van der Waals surface area contributed by atoms with Gasteiger partial charge in [-0.25, -0.2) is 8.42 Å². The van der Waals surface area contributed by atoms with Crippen molar-refractivity contribution in [3.63, 3.8) is 0 Å². The van der Waals surface area contributed by atoms with Crippen LogP contribution in [0.3, 0.4) is 0 Å². The number of benzene rings is 3. The van der Waals surface area contributed by atoms with Gasteiger partial charge < -0.3 is 10.1 Å². The molecule has 3 aromatic rings. The van der Waals surface area contributed by atoms with Gasteiger partial charge in [-0.1, -0.05) is 53.5 Å². The second-order valence-electron chi connectivity index (χ2n) is 7.26. The third-order valence-corrected chi connectivity index (χ3v) is 7.08. The number of hydrogen-bond acceptors (Lipinski definition) is 4. The lowest BCUT2D eigenvalue weighted by Crippen LogP contribution is -2.41. The normalized spacial score (nSPS) is 11.1. The number of rotatable bonds is 10. The molecule has 3 rings (SSSR count). The fraction of sp³-hybridized carbons (Fsp3) is 0.208. The van der Waals surface area contributed by atoms with E-state index in [-0.39, 0.29) is 20.6 Å². The third kappa shape index (κ3) is 6.87. The van der Waals surface area contributed by atoms with E-state index in [1.165, 1.54) is 30.3 Å². The summed E-state index contributed by atoms with van der Waals surface area (Å²) in [5.74, 6) is 0.342. The highest BCUT2D eigenvalue weighted by atomic mass is 35.5. The van der Waals surface area contributed by atoms with Crippen LogP contribution >= 0.6 is 23.2 Å². The molecule has 174 valence electrons. The molecule has 0 aliphatic rings. The van der Waals surface area contributed by atoms with Gasteiger partial charge in [-0.05, 0) is 60.9 Å². The van der Waals surface area contributed by atoms with Crippen LogP contribution in [0, 0.1) is 0 Å². The molecular weight excluding hydrogens is 483 g/mol. The molecule has 6 nitrogen and oxygen atoms in total. The van der Waals surface area contributed by atoms with Gasteiger partial charge in [0, 0.05) is 16.6 Å². The highest BCUT2D eigenvalue weighted by molar-refractivity contribution is 7.92. The number of carbonyl (C=O) groups is 1. The van der Waals surface area contributed by atoms with Crippen LogP contribution in [0.5, 0.6) is 5.75 Å². The molecular formula is C24H24Cl2N2O4S. The van der Waals surface area contributed by atoms with E-state index in [9.17, 15) is 13.2 Å². The molecule has 3 aromatic carbocycles. The van der Waals surface area contributed by atoms with Crippen molar-refractivity contribution in [2.24, 2.45) is 0 Å². The summed E-state index contributed by atoms with van der Waals surface area (Å²) in [6.07, 6.45) is 1.43. The maximum atomic E-state index is 13.3. The Balaban J connectivity index is 1.71. The van der Waals surface area contributed by atoms with Gasteiger partial charge in [0.05, 0.1) is 17.7 Å². The second kappa shape index (κ2) is 11.4. The Morgan fingerprint density at radius 1 is 0.970 bits per heavy atom. The van der Waals surface area contributed by atoms with Gasteiger partial charge in [0.2, 0.25) is 5.91 Å². The SMILES string of the molecule is COc1cccc(CCCNC(=O)CN(c2cc(Cl)cc(Cl)c2)S(=O)(=O)c2ccccc2)c1. The average molecular weight is 507 g/mol. The molecule has 0 spiro atoms. The summed E-state index contributed by atoms with van der Waals surface area (Å²) in [6, 6.07) is 20.0. The van der Waals surface area contributed by atoms with Gasteiger partial charge in [-0.3, -0.25) is 9.10 Å². The Bertz CT molecular complexity index is 1180. The maximum absolute atomic E-state index is 13.3. The average Bonchev–Trinajstić information content (AvgIpc) is 2.80. The molecule has 0 bridgehead atoms. The predicted molar refractivity (Wildman–Crippen MR) is 132 cm³/mol. The molecule has 0 aliphatic carbocycles. The Morgan fingerprint density at radius 3 is 2.33 bits per heavy atom. The van der Waals surface area contributed by atoms with E-state index in [0.717, 1.165) is 22.0 Å². The topological polar surface area (TPSA) is 75.7 Å². The number of aryl methyl sites for hydroxylation is 1. The van der Waals surface area contributed by atoms with Gasteiger partial charge in [0.25, 0.3) is 10.0 Å². The zero-order valence-electron chi connectivity index (χ0n) is 18.0. The van der Waals surface area contributed by atoms with Crippen LogP contribution in [0.2, 0.25) is 10.0 Å². The largest absolute Gasteiger partial charge is 0.497 e. The summed E-state index contributed by atoms with van der Waals surface area (Å²) in [5.41, 5.74) is 1.30. The van der Waals surface area contributed by atoms with Crippen LogP contribution in [-0.4, -0.2) is 34.5 Å². The van der Waals surface area contributed by atoms with Gasteiger partial charge in [-0.15, -0.1) is 0 Å². The van der Waals surface area contributed by atoms with E-state index < -0.39 is 22.5 Å². The van der Waals surface area contributed by atoms with Crippen molar-refractivity contribution < 1.29 is 17.9 Å². The highest BCUT2D eigenvalue weighted by Gasteiger charge is 2.27. The second-order valence-corrected chi connectivity index (χ2v) is 9.99. The smallest absolute Gasteiger partial charge is 0.264 e. The summed E-state index contributed by atoms with van der Waals surface area (Å²) in [7, 11) is -2.41. The molecule has 0 aliphatic heterocycles. The molecule has 0 unspecified atom stereocenters. The van der Waals surface area contributed by atoms with Gasteiger partial charge in [0.15, 0.2) is 0 Å². The number of nitrogens with zero attached hydrogens (tertiary/aromatic N) is 1. The molecule has 0 atom stereocenters. The number of anilines is 1. The van der Waals surface area contributed by atoms with Crippen molar-refractivity contribution in [1.82, 2.24) is 5.32 Å². The third-order valence-electron chi connectivity index (χ3n) is 4.85. The first-order chi connectivity index (χ1) is 15.8. The molecule has 1 amide bonds. The minimum Gasteiger partial charge on any atom is -0.497 e. The number of nitrogens with one attached hydrogen (secondary N) is 1. The molecule has 0 radical (unpaired) electrons. The lowest BCUT2D eigenvalue weighted by molar-refractivity contribution is -0.119. The Morgan fingerprint density at radius 2 is 1.67 bits per heavy atom. The Labute approximate surface area is 204 Å². The number of ether oxygens (including phenoxy) is 1. The van der Waals surface area contributed by atoms with E-state index in [4.69, 9.17) is 27.9 Å². The summed E-state index contributed by atoms with van der Waals surface area (Å²) in [4.78, 5) is 12.7. The molecule has 33 heavy (non-hydrogen) atoms. The van der Waals surface area contributed by atoms with Crippen LogP contribution in [-0.2, 0) is 21.2 Å². The number of methoxy groups -OCH3 is 1. The first-order valence-electron chi connectivity index (χ1n) is 10.2. The summed E-state index contributed by atoms with van der Waals surface area (Å²) >= 11 is 12.2. The first-order valence-corrected chi connectivity index (χ1v) is 12.4. The number of halogens is 2. The van der Waals surface area contributed by atoms with Crippen LogP contribution < -0.4 is 14.4 Å². The zero-order chi connectivity index (χ0) is 23.8. The monoisotopic (exact) mass is 506 g/mol. The van der Waals surface area contributed by atoms with E-state index in [2.05, 4.69) is 5.32 Å². The predicted octanol–water partition coefficient (Wildman–Crippen LogP) is 4.95. The van der Waals surface area contributed by atoms with E-state index in [1.807, 2.05) is 24.3 Å². The zero-order valence-corrected chi connectivity index (χ0v) is 20.3. The van der Waals surface area contributed by atoms with Gasteiger partial charge in [-0.2, -0.15) is 0 Å². The minimum atomic E-state index is -4.02. The van der Waals surface area contributed by atoms with Crippen molar-refractivity contribution in [2.45, 2.75) is 17.7 Å². The summed E-state index contributed by atoms with van der Waals surface area (Å²) in [6.45, 7) is -0.0152. The molecule has 9 heteroatoms. The quantitative estimate of drug-likeness (QED) is 0.394. The number of hydrogen-bond donors (Lipinski definition) is 1. The van der Waals surface area contributed by atoms with E-state index in [0.29, 0.717) is 13.0 Å². The molecule has 0 fully saturated rings. The fourth-order valence-corrected chi connectivity index (χ4v) is 5.19. The Kier molecular flexibility index (Phi) is 8.61. The standard InChI is InChI=1S/C24H24Cl2N2O4S/c1-32-22-9-5-7-18(13-22)8-6-12-27-24(29)17-28(21-15-19(25)14-20(26)16-21)33(30,31)23-10-3-2-4-11-23/h2-5,7,9-11,13-16H,6,8,12,17H2,1H3,(H,27,29). The van der Waals surface area contributed by atoms with Crippen LogP contribution in [0.1, 0.15) is 12.0 Å². The fourth-order valence-electron chi connectivity index (χ4n) is 3.25. The summed E-state index contributed by atoms with van der Waals surface area (Å²) < 4.78 is 32.9. The number of sulfonamides is 1. The number of amides is 1. The van der Waals surface area contributed by atoms with Crippen LogP contribution in [0.15, 0.2) is 77.7 Å². The van der Waals surface area contributed by atoms with Crippen LogP contribution in [0.25, 0.3) is 0 Å². The lowest BCUT2D eigenvalue weighted by Gasteiger charge is -2.24. The molecule has 0 heterocycles. The molecule has 1 N–H and O–H groups in total. The van der Waals surface area contributed by atoms with E-state index >= 15 is 0 Å². The highest BCUT2D eigenvalue weighted by Crippen LogP contribution is 2.29. The van der Waals surface area contributed by atoms with Crippen LogP contribution in [0.4, 0.5) is 5.69 Å². The van der Waals surface area contributed by atoms with Crippen molar-refractivity contribution in [2.75, 3.05) is 24.5 Å². The Hall–Kier alpha value is -2.74. The molecule has 0 aromatic heterocycles. The minimum absolute atomic E-state index is 0.0620. The van der Waals surface area contributed by atoms with Crippen molar-refractivity contribution in [3.8, 4) is 5.75 Å². The molecule has 0 saturated carbocycles. The first kappa shape index (κ1) is 24.9. The lowest BCUT2D eigenvalue weighted by atomic mass is 10.1. The van der Waals surface area contributed by atoms with Crippen molar-refractivity contribution in [1.29, 1.82) is 0 Å². The van der Waals surface area contributed by atoms with E-state index in [1.54, 1.807) is 25.3 Å². The van der Waals surface area contributed by atoms with Crippen molar-refractivity contribution >= 4 is 44.8 Å². The van der Waals surface area contributed by atoms with Gasteiger partial charge >= 0.3 is 0 Å². The maximum Gasteiger partial charge on any atom is 0.264 e. The number of carbonyl (C=O) groups excluding carboxylic acids is 1. The van der Waals surface area contributed by atoms with Crippen molar-refractivity contribution in [3.05, 3.63) is 88.4 Å².